The van der Waals surface area contributed by atoms with Crippen molar-refractivity contribution >= 4 is 21.6 Å². The Hall–Kier alpha value is -0.540. The Labute approximate surface area is 106 Å². The molecular weight excluding hydrogens is 264 g/mol. The Morgan fingerprint density at radius 3 is 3.00 bits per heavy atom. The van der Waals surface area contributed by atoms with E-state index in [1.165, 1.54) is 35.1 Å². The maximum Gasteiger partial charge on any atom is 0.0388 e. The molecule has 2 nitrogen and oxygen atoms in total. The van der Waals surface area contributed by atoms with Crippen LogP contribution in [-0.2, 0) is 0 Å². The van der Waals surface area contributed by atoms with Crippen molar-refractivity contribution in [3.8, 4) is 0 Å². The number of piperidine rings is 1. The minimum atomic E-state index is 0.590. The molecule has 0 saturated carbocycles. The van der Waals surface area contributed by atoms with Gasteiger partial charge in [-0.2, -0.15) is 0 Å². The summed E-state index contributed by atoms with van der Waals surface area (Å²) in [6, 6.07) is 6.93. The first-order valence-corrected chi connectivity index (χ1v) is 6.66. The SMILES string of the molecule is Cc1c(Br)cccc1NC1CCCN(C)C1. The van der Waals surface area contributed by atoms with Gasteiger partial charge in [0.2, 0.25) is 0 Å². The maximum atomic E-state index is 3.65. The van der Waals surface area contributed by atoms with Crippen molar-refractivity contribution in [2.24, 2.45) is 0 Å². The van der Waals surface area contributed by atoms with E-state index < -0.39 is 0 Å². The van der Waals surface area contributed by atoms with E-state index in [1.807, 2.05) is 0 Å². The molecule has 0 bridgehead atoms. The molecule has 1 heterocycles. The highest BCUT2D eigenvalue weighted by molar-refractivity contribution is 9.10. The normalized spacial score (nSPS) is 22.1. The first-order chi connectivity index (χ1) is 7.66. The van der Waals surface area contributed by atoms with Crippen molar-refractivity contribution in [2.75, 3.05) is 25.5 Å². The molecule has 1 aromatic carbocycles. The number of nitrogens with one attached hydrogen (secondary N) is 1. The Kier molecular flexibility index (Phi) is 3.87. The molecule has 0 amide bonds. The summed E-state index contributed by atoms with van der Waals surface area (Å²) in [4.78, 5) is 2.40. The number of hydrogen-bond acceptors (Lipinski definition) is 2. The van der Waals surface area contributed by atoms with Gasteiger partial charge in [0.25, 0.3) is 0 Å². The van der Waals surface area contributed by atoms with Gasteiger partial charge in [-0.15, -0.1) is 0 Å². The number of benzene rings is 1. The van der Waals surface area contributed by atoms with Gasteiger partial charge in [0.1, 0.15) is 0 Å². The largest absolute Gasteiger partial charge is 0.381 e. The first-order valence-electron chi connectivity index (χ1n) is 5.87. The fraction of sp³-hybridized carbons (Fsp3) is 0.538. The highest BCUT2D eigenvalue weighted by Gasteiger charge is 2.17. The molecule has 1 saturated heterocycles. The van der Waals surface area contributed by atoms with Crippen LogP contribution in [0.2, 0.25) is 0 Å². The van der Waals surface area contributed by atoms with Gasteiger partial charge in [-0.3, -0.25) is 0 Å². The molecule has 1 unspecified atom stereocenters. The third-order valence-corrected chi connectivity index (χ3v) is 4.11. The predicted molar refractivity (Wildman–Crippen MR) is 73.0 cm³/mol. The van der Waals surface area contributed by atoms with Gasteiger partial charge in [-0.05, 0) is 51.1 Å². The van der Waals surface area contributed by atoms with E-state index >= 15 is 0 Å². The zero-order valence-corrected chi connectivity index (χ0v) is 11.5. The number of likely N-dealkylation sites (N-methyl/N-ethyl adjacent to an activating group) is 1. The van der Waals surface area contributed by atoms with E-state index in [2.05, 4.69) is 58.3 Å². The number of hydrogen-bond donors (Lipinski definition) is 1. The molecule has 0 aromatic heterocycles. The minimum Gasteiger partial charge on any atom is -0.381 e. The second-order valence-electron chi connectivity index (χ2n) is 4.66. The standard InChI is InChI=1S/C13H19BrN2/c1-10-12(14)6-3-7-13(10)15-11-5-4-8-16(2)9-11/h3,6-7,11,15H,4-5,8-9H2,1-2H3. The summed E-state index contributed by atoms with van der Waals surface area (Å²) in [7, 11) is 2.20. The van der Waals surface area contributed by atoms with Crippen LogP contribution in [0.5, 0.6) is 0 Å². The molecule has 1 aromatic rings. The topological polar surface area (TPSA) is 15.3 Å². The fourth-order valence-corrected chi connectivity index (χ4v) is 2.63. The monoisotopic (exact) mass is 282 g/mol. The summed E-state index contributed by atoms with van der Waals surface area (Å²) in [6.45, 7) is 4.53. The van der Waals surface area contributed by atoms with Gasteiger partial charge >= 0.3 is 0 Å². The summed E-state index contributed by atoms with van der Waals surface area (Å²) >= 11 is 3.57. The summed E-state index contributed by atoms with van der Waals surface area (Å²) < 4.78 is 1.18. The fourth-order valence-electron chi connectivity index (χ4n) is 2.27. The molecule has 1 aliphatic heterocycles. The minimum absolute atomic E-state index is 0.590. The van der Waals surface area contributed by atoms with Crippen molar-refractivity contribution in [1.29, 1.82) is 0 Å². The maximum absolute atomic E-state index is 3.65. The van der Waals surface area contributed by atoms with Crippen LogP contribution in [0.3, 0.4) is 0 Å². The van der Waals surface area contributed by atoms with E-state index in [-0.39, 0.29) is 0 Å². The zero-order valence-electron chi connectivity index (χ0n) is 9.96. The molecule has 2 rings (SSSR count). The van der Waals surface area contributed by atoms with Crippen molar-refractivity contribution in [1.82, 2.24) is 4.90 Å². The van der Waals surface area contributed by atoms with E-state index in [0.717, 1.165) is 6.54 Å². The lowest BCUT2D eigenvalue weighted by molar-refractivity contribution is 0.261. The van der Waals surface area contributed by atoms with Crippen molar-refractivity contribution in [2.45, 2.75) is 25.8 Å². The van der Waals surface area contributed by atoms with Crippen LogP contribution in [0, 0.1) is 6.92 Å². The molecule has 1 aliphatic rings. The summed E-state index contributed by atoms with van der Waals surface area (Å²) in [6.07, 6.45) is 2.57. The summed E-state index contributed by atoms with van der Waals surface area (Å²) in [5.41, 5.74) is 2.56. The van der Waals surface area contributed by atoms with Crippen molar-refractivity contribution < 1.29 is 0 Å². The highest BCUT2D eigenvalue weighted by atomic mass is 79.9. The van der Waals surface area contributed by atoms with Crippen LogP contribution < -0.4 is 5.32 Å². The number of likely N-dealkylation sites (tertiary alicyclic amines) is 1. The van der Waals surface area contributed by atoms with E-state index in [0.29, 0.717) is 6.04 Å². The number of halogens is 1. The second-order valence-corrected chi connectivity index (χ2v) is 5.51. The molecule has 1 atom stereocenters. The van der Waals surface area contributed by atoms with Crippen molar-refractivity contribution in [3.05, 3.63) is 28.2 Å². The van der Waals surface area contributed by atoms with Gasteiger partial charge in [0.05, 0.1) is 0 Å². The molecule has 1 N–H and O–H groups in total. The Morgan fingerprint density at radius 2 is 2.25 bits per heavy atom. The average molecular weight is 283 g/mol. The number of rotatable bonds is 2. The van der Waals surface area contributed by atoms with Gasteiger partial charge in [0, 0.05) is 22.7 Å². The lowest BCUT2D eigenvalue weighted by Crippen LogP contribution is -2.39. The third kappa shape index (κ3) is 2.77. The highest BCUT2D eigenvalue weighted by Crippen LogP contribution is 2.25. The lowest BCUT2D eigenvalue weighted by Gasteiger charge is -2.31. The molecule has 0 aliphatic carbocycles. The molecule has 3 heteroatoms. The number of nitrogens with zero attached hydrogens (tertiary/aromatic N) is 1. The van der Waals surface area contributed by atoms with Gasteiger partial charge in [-0.25, -0.2) is 0 Å². The van der Waals surface area contributed by atoms with Crippen LogP contribution in [0.25, 0.3) is 0 Å². The van der Waals surface area contributed by atoms with Gasteiger partial charge in [0.15, 0.2) is 0 Å². The van der Waals surface area contributed by atoms with Crippen molar-refractivity contribution in [3.63, 3.8) is 0 Å². The van der Waals surface area contributed by atoms with Crippen LogP contribution >= 0.6 is 15.9 Å². The van der Waals surface area contributed by atoms with Gasteiger partial charge < -0.3 is 10.2 Å². The zero-order chi connectivity index (χ0) is 11.5. The Balaban J connectivity index is 2.05. The quantitative estimate of drug-likeness (QED) is 0.896. The van der Waals surface area contributed by atoms with Crippen LogP contribution in [0.1, 0.15) is 18.4 Å². The molecular formula is C13H19BrN2. The van der Waals surface area contributed by atoms with Crippen LogP contribution in [0.15, 0.2) is 22.7 Å². The molecule has 88 valence electrons. The summed E-state index contributed by atoms with van der Waals surface area (Å²) in [5.74, 6) is 0. The lowest BCUT2D eigenvalue weighted by atomic mass is 10.1. The predicted octanol–water partition coefficient (Wildman–Crippen LogP) is 3.26. The molecule has 1 fully saturated rings. The molecule has 16 heavy (non-hydrogen) atoms. The van der Waals surface area contributed by atoms with E-state index in [4.69, 9.17) is 0 Å². The third-order valence-electron chi connectivity index (χ3n) is 3.25. The molecule has 0 spiro atoms. The van der Waals surface area contributed by atoms with Gasteiger partial charge in [-0.1, -0.05) is 22.0 Å². The second kappa shape index (κ2) is 5.19. The Bertz CT molecular complexity index is 365. The van der Waals surface area contributed by atoms with E-state index in [9.17, 15) is 0 Å². The first kappa shape index (κ1) is 11.9. The number of anilines is 1. The Morgan fingerprint density at radius 1 is 1.44 bits per heavy atom. The summed E-state index contributed by atoms with van der Waals surface area (Å²) in [5, 5.41) is 3.65. The van der Waals surface area contributed by atoms with E-state index in [1.54, 1.807) is 0 Å². The van der Waals surface area contributed by atoms with Crippen LogP contribution in [0.4, 0.5) is 5.69 Å². The smallest absolute Gasteiger partial charge is 0.0388 e. The average Bonchev–Trinajstić information content (AvgIpc) is 2.25. The van der Waals surface area contributed by atoms with Crippen LogP contribution in [-0.4, -0.2) is 31.1 Å². The molecule has 0 radical (unpaired) electrons.